The van der Waals surface area contributed by atoms with Gasteiger partial charge in [-0.25, -0.2) is 0 Å². The van der Waals surface area contributed by atoms with Crippen molar-refractivity contribution in [1.29, 1.82) is 0 Å². The Labute approximate surface area is 132 Å². The van der Waals surface area contributed by atoms with Gasteiger partial charge in [0.15, 0.2) is 0 Å². The normalized spacial score (nSPS) is 28.9. The van der Waals surface area contributed by atoms with Gasteiger partial charge < -0.3 is 15.0 Å². The van der Waals surface area contributed by atoms with Crippen molar-refractivity contribution in [2.45, 2.75) is 57.2 Å². The van der Waals surface area contributed by atoms with Crippen LogP contribution in [0.15, 0.2) is 24.3 Å². The van der Waals surface area contributed by atoms with Gasteiger partial charge in [0.2, 0.25) is 5.91 Å². The second-order valence-electron chi connectivity index (χ2n) is 6.69. The average Bonchev–Trinajstić information content (AvgIpc) is 2.89. The molecule has 2 saturated heterocycles. The number of carbonyl (C=O) groups is 1. The molecule has 3 rings (SSSR count). The Morgan fingerprint density at radius 1 is 1.32 bits per heavy atom. The summed E-state index contributed by atoms with van der Waals surface area (Å²) in [4.78, 5) is 14.8. The highest BCUT2D eigenvalue weighted by Crippen LogP contribution is 2.35. The number of amides is 1. The van der Waals surface area contributed by atoms with E-state index in [0.717, 1.165) is 31.6 Å². The molecule has 0 aliphatic carbocycles. The third-order valence-electron chi connectivity index (χ3n) is 5.32. The van der Waals surface area contributed by atoms with Gasteiger partial charge in [0.1, 0.15) is 5.75 Å². The molecule has 1 N–H and O–H groups in total. The van der Waals surface area contributed by atoms with Gasteiger partial charge in [-0.3, -0.25) is 4.79 Å². The van der Waals surface area contributed by atoms with E-state index in [9.17, 15) is 4.79 Å². The number of nitrogens with zero attached hydrogens (tertiary/aromatic N) is 1. The summed E-state index contributed by atoms with van der Waals surface area (Å²) in [6.45, 7) is 3.95. The molecule has 0 spiro atoms. The van der Waals surface area contributed by atoms with Gasteiger partial charge in [0.05, 0.1) is 12.6 Å². The predicted octanol–water partition coefficient (Wildman–Crippen LogP) is 2.72. The third-order valence-corrected chi connectivity index (χ3v) is 5.32. The van der Waals surface area contributed by atoms with Crippen molar-refractivity contribution in [3.05, 3.63) is 29.8 Å². The molecule has 0 bridgehead atoms. The van der Waals surface area contributed by atoms with Gasteiger partial charge in [-0.05, 0) is 50.4 Å². The van der Waals surface area contributed by atoms with Crippen LogP contribution in [0, 0.1) is 0 Å². The number of carbonyl (C=O) groups excluding carboxylic acids is 1. The van der Waals surface area contributed by atoms with Crippen LogP contribution in [0.4, 0.5) is 0 Å². The lowest BCUT2D eigenvalue weighted by Gasteiger charge is -2.44. The molecule has 0 saturated carbocycles. The molecule has 120 valence electrons. The molecule has 2 fully saturated rings. The Morgan fingerprint density at radius 3 is 2.82 bits per heavy atom. The minimum Gasteiger partial charge on any atom is -0.497 e. The zero-order chi connectivity index (χ0) is 15.6. The zero-order valence-corrected chi connectivity index (χ0v) is 13.6. The molecular formula is C18H26N2O2. The number of ether oxygens (including phenoxy) is 1. The van der Waals surface area contributed by atoms with E-state index < -0.39 is 0 Å². The topological polar surface area (TPSA) is 41.6 Å². The average molecular weight is 302 g/mol. The van der Waals surface area contributed by atoms with Gasteiger partial charge in [-0.1, -0.05) is 18.6 Å². The van der Waals surface area contributed by atoms with Crippen LogP contribution in [0.5, 0.6) is 5.75 Å². The second-order valence-corrected chi connectivity index (χ2v) is 6.69. The van der Waals surface area contributed by atoms with Gasteiger partial charge in [0, 0.05) is 19.0 Å². The van der Waals surface area contributed by atoms with E-state index in [4.69, 9.17) is 4.74 Å². The number of benzene rings is 1. The van der Waals surface area contributed by atoms with E-state index in [0.29, 0.717) is 24.9 Å². The van der Waals surface area contributed by atoms with Crippen molar-refractivity contribution in [3.8, 4) is 5.75 Å². The summed E-state index contributed by atoms with van der Waals surface area (Å²) < 4.78 is 5.22. The highest BCUT2D eigenvalue weighted by molar-refractivity contribution is 5.77. The number of likely N-dealkylation sites (tertiary alicyclic amines) is 1. The maximum atomic E-state index is 12.7. The summed E-state index contributed by atoms with van der Waals surface area (Å²) in [7, 11) is 1.67. The first-order chi connectivity index (χ1) is 10.6. The highest BCUT2D eigenvalue weighted by atomic mass is 16.5. The maximum Gasteiger partial charge on any atom is 0.223 e. The first kappa shape index (κ1) is 15.3. The molecule has 0 aromatic heterocycles. The molecule has 4 nitrogen and oxygen atoms in total. The summed E-state index contributed by atoms with van der Waals surface area (Å²) >= 11 is 0. The SMILES string of the molecule is COc1ccc(CN2C(=O)CCCCC3NCC[C@@]32C)cc1. The fourth-order valence-electron chi connectivity index (χ4n) is 3.86. The van der Waals surface area contributed by atoms with Crippen molar-refractivity contribution >= 4 is 5.91 Å². The summed E-state index contributed by atoms with van der Waals surface area (Å²) in [5.41, 5.74) is 1.11. The smallest absolute Gasteiger partial charge is 0.223 e. The van der Waals surface area contributed by atoms with Crippen LogP contribution in [0.1, 0.15) is 44.6 Å². The minimum absolute atomic E-state index is 0.0581. The lowest BCUT2D eigenvalue weighted by molar-refractivity contribution is -0.139. The summed E-state index contributed by atoms with van der Waals surface area (Å²) in [6, 6.07) is 8.49. The quantitative estimate of drug-likeness (QED) is 0.933. The Balaban J connectivity index is 1.84. The number of hydrogen-bond donors (Lipinski definition) is 1. The fraction of sp³-hybridized carbons (Fsp3) is 0.611. The Kier molecular flexibility index (Phi) is 4.39. The van der Waals surface area contributed by atoms with Gasteiger partial charge in [0.25, 0.3) is 0 Å². The highest BCUT2D eigenvalue weighted by Gasteiger charge is 2.45. The van der Waals surface area contributed by atoms with Crippen molar-refractivity contribution < 1.29 is 9.53 Å². The number of nitrogens with one attached hydrogen (secondary N) is 1. The minimum atomic E-state index is -0.0581. The first-order valence-electron chi connectivity index (χ1n) is 8.30. The first-order valence-corrected chi connectivity index (χ1v) is 8.30. The van der Waals surface area contributed by atoms with Gasteiger partial charge >= 0.3 is 0 Å². The molecule has 1 amide bonds. The molecule has 0 radical (unpaired) electrons. The van der Waals surface area contributed by atoms with Crippen LogP contribution in [0.25, 0.3) is 0 Å². The Hall–Kier alpha value is -1.55. The molecule has 2 atom stereocenters. The van der Waals surface area contributed by atoms with E-state index in [2.05, 4.69) is 29.3 Å². The van der Waals surface area contributed by atoms with Crippen molar-refractivity contribution in [1.82, 2.24) is 10.2 Å². The van der Waals surface area contributed by atoms with Crippen LogP contribution >= 0.6 is 0 Å². The summed E-state index contributed by atoms with van der Waals surface area (Å²) in [5, 5.41) is 3.61. The van der Waals surface area contributed by atoms with E-state index in [-0.39, 0.29) is 5.54 Å². The van der Waals surface area contributed by atoms with Gasteiger partial charge in [-0.2, -0.15) is 0 Å². The Bertz CT molecular complexity index is 528. The van der Waals surface area contributed by atoms with E-state index in [1.165, 1.54) is 12.0 Å². The van der Waals surface area contributed by atoms with Crippen LogP contribution in [-0.4, -0.2) is 36.0 Å². The lowest BCUT2D eigenvalue weighted by atomic mass is 9.84. The maximum absolute atomic E-state index is 12.7. The standard InChI is InChI=1S/C18H26N2O2/c1-18-11-12-19-16(18)5-3-4-6-17(21)20(18)13-14-7-9-15(22-2)10-8-14/h7-10,16,19H,3-6,11-13H2,1-2H3/t16?,18-/m0/s1. The molecule has 1 aromatic carbocycles. The summed E-state index contributed by atoms with van der Waals surface area (Å²) in [5.74, 6) is 1.15. The molecule has 2 aliphatic rings. The van der Waals surface area contributed by atoms with Crippen LogP contribution in [0.3, 0.4) is 0 Å². The van der Waals surface area contributed by atoms with Crippen molar-refractivity contribution in [2.24, 2.45) is 0 Å². The number of hydrogen-bond acceptors (Lipinski definition) is 3. The van der Waals surface area contributed by atoms with Crippen molar-refractivity contribution in [2.75, 3.05) is 13.7 Å². The third kappa shape index (κ3) is 2.84. The molecule has 2 heterocycles. The molecule has 22 heavy (non-hydrogen) atoms. The number of rotatable bonds is 3. The Morgan fingerprint density at radius 2 is 2.09 bits per heavy atom. The van der Waals surface area contributed by atoms with E-state index >= 15 is 0 Å². The van der Waals surface area contributed by atoms with E-state index in [1.54, 1.807) is 7.11 Å². The van der Waals surface area contributed by atoms with E-state index in [1.807, 2.05) is 12.1 Å². The molecule has 1 unspecified atom stereocenters. The summed E-state index contributed by atoms with van der Waals surface area (Å²) in [6.07, 6.45) is 5.04. The fourth-order valence-corrected chi connectivity index (χ4v) is 3.86. The predicted molar refractivity (Wildman–Crippen MR) is 86.8 cm³/mol. The number of fused-ring (bicyclic) bond motifs is 1. The molecular weight excluding hydrogens is 276 g/mol. The van der Waals surface area contributed by atoms with Crippen LogP contribution < -0.4 is 10.1 Å². The zero-order valence-electron chi connectivity index (χ0n) is 13.6. The van der Waals surface area contributed by atoms with Crippen LogP contribution in [-0.2, 0) is 11.3 Å². The van der Waals surface area contributed by atoms with Gasteiger partial charge in [-0.15, -0.1) is 0 Å². The largest absolute Gasteiger partial charge is 0.497 e. The van der Waals surface area contributed by atoms with Crippen LogP contribution in [0.2, 0.25) is 0 Å². The molecule has 2 aliphatic heterocycles. The molecule has 1 aromatic rings. The number of methoxy groups -OCH3 is 1. The molecule has 4 heteroatoms. The monoisotopic (exact) mass is 302 g/mol. The van der Waals surface area contributed by atoms with Crippen molar-refractivity contribution in [3.63, 3.8) is 0 Å². The lowest BCUT2D eigenvalue weighted by Crippen LogP contribution is -2.56. The second kappa shape index (κ2) is 6.29.